The molecule has 0 radical (unpaired) electrons. The van der Waals surface area contributed by atoms with Gasteiger partial charge in [-0.05, 0) is 43.7 Å². The fourth-order valence-corrected chi connectivity index (χ4v) is 3.32. The van der Waals surface area contributed by atoms with Crippen molar-refractivity contribution in [3.8, 4) is 5.75 Å². The van der Waals surface area contributed by atoms with Gasteiger partial charge in [-0.3, -0.25) is 4.79 Å². The normalized spacial score (nSPS) is 20.5. The molecule has 25 heavy (non-hydrogen) atoms. The van der Waals surface area contributed by atoms with Crippen molar-refractivity contribution in [2.75, 3.05) is 19.7 Å². The number of rotatable bonds is 6. The molecule has 1 saturated heterocycles. The van der Waals surface area contributed by atoms with E-state index in [-0.39, 0.29) is 12.5 Å². The van der Waals surface area contributed by atoms with E-state index in [1.807, 2.05) is 35.2 Å². The van der Waals surface area contributed by atoms with Crippen LogP contribution < -0.4 is 4.74 Å². The van der Waals surface area contributed by atoms with Crippen LogP contribution in [-0.2, 0) is 11.2 Å². The van der Waals surface area contributed by atoms with Gasteiger partial charge < -0.3 is 14.2 Å². The number of amides is 1. The van der Waals surface area contributed by atoms with Crippen LogP contribution in [0.15, 0.2) is 34.9 Å². The lowest BCUT2D eigenvalue weighted by molar-refractivity contribution is -0.135. The first-order valence-electron chi connectivity index (χ1n) is 9.06. The van der Waals surface area contributed by atoms with Gasteiger partial charge >= 0.3 is 0 Å². The molecule has 1 aromatic heterocycles. The molecule has 4 rings (SSSR count). The molecular weight excluding hydrogens is 318 g/mol. The van der Waals surface area contributed by atoms with Gasteiger partial charge in [0, 0.05) is 25.4 Å². The van der Waals surface area contributed by atoms with Crippen LogP contribution in [0.4, 0.5) is 0 Å². The van der Waals surface area contributed by atoms with Crippen molar-refractivity contribution in [3.05, 3.63) is 42.0 Å². The standard InChI is InChI=1S/C19H23N3O3/c23-18(13-24-16-6-2-1-3-7-16)22-10-4-5-14(12-22)11-17-20-19(21-25-17)15-8-9-15/h1-3,6-7,14-15H,4-5,8-13H2/t14-/m0/s1. The third kappa shape index (κ3) is 4.18. The largest absolute Gasteiger partial charge is 0.484 e. The SMILES string of the molecule is O=C(COc1ccccc1)N1CCC[C@@H](Cc2nc(C3CC3)no2)C1. The van der Waals surface area contributed by atoms with E-state index in [1.54, 1.807) is 0 Å². The molecule has 0 spiro atoms. The summed E-state index contributed by atoms with van der Waals surface area (Å²) >= 11 is 0. The maximum absolute atomic E-state index is 12.4. The Labute approximate surface area is 147 Å². The van der Waals surface area contributed by atoms with Gasteiger partial charge in [0.25, 0.3) is 5.91 Å². The third-order valence-electron chi connectivity index (χ3n) is 4.87. The first-order valence-corrected chi connectivity index (χ1v) is 9.06. The molecule has 6 heteroatoms. The van der Waals surface area contributed by atoms with E-state index in [2.05, 4.69) is 10.1 Å². The minimum Gasteiger partial charge on any atom is -0.484 e. The topological polar surface area (TPSA) is 68.5 Å². The molecule has 0 N–H and O–H groups in total. The molecule has 6 nitrogen and oxygen atoms in total. The maximum atomic E-state index is 12.4. The van der Waals surface area contributed by atoms with Crippen molar-refractivity contribution in [1.82, 2.24) is 15.0 Å². The average Bonchev–Trinajstić information content (AvgIpc) is 3.40. The first-order chi connectivity index (χ1) is 12.3. The number of aromatic nitrogens is 2. The fraction of sp³-hybridized carbons (Fsp3) is 0.526. The number of para-hydroxylation sites is 1. The molecule has 1 saturated carbocycles. The Morgan fingerprint density at radius 1 is 1.24 bits per heavy atom. The Hall–Kier alpha value is -2.37. The highest BCUT2D eigenvalue weighted by Crippen LogP contribution is 2.38. The summed E-state index contributed by atoms with van der Waals surface area (Å²) in [6, 6.07) is 9.45. The molecule has 0 unspecified atom stereocenters. The van der Waals surface area contributed by atoms with E-state index in [4.69, 9.17) is 9.26 Å². The van der Waals surface area contributed by atoms with Crippen LogP contribution in [0, 0.1) is 5.92 Å². The number of benzene rings is 1. The van der Waals surface area contributed by atoms with Crippen molar-refractivity contribution in [1.29, 1.82) is 0 Å². The Morgan fingerprint density at radius 3 is 2.88 bits per heavy atom. The number of likely N-dealkylation sites (tertiary alicyclic amines) is 1. The van der Waals surface area contributed by atoms with Gasteiger partial charge in [0.15, 0.2) is 12.4 Å². The lowest BCUT2D eigenvalue weighted by atomic mass is 9.95. The summed E-state index contributed by atoms with van der Waals surface area (Å²) in [7, 11) is 0. The van der Waals surface area contributed by atoms with E-state index < -0.39 is 0 Å². The Balaban J connectivity index is 1.28. The number of hydrogen-bond acceptors (Lipinski definition) is 5. The summed E-state index contributed by atoms with van der Waals surface area (Å²) in [5.41, 5.74) is 0. The minimum atomic E-state index is 0.0396. The summed E-state index contributed by atoms with van der Waals surface area (Å²) in [4.78, 5) is 18.8. The Morgan fingerprint density at radius 2 is 2.08 bits per heavy atom. The summed E-state index contributed by atoms with van der Waals surface area (Å²) in [5, 5.41) is 4.07. The molecule has 0 bridgehead atoms. The maximum Gasteiger partial charge on any atom is 0.260 e. The molecule has 2 heterocycles. The van der Waals surface area contributed by atoms with Crippen molar-refractivity contribution in [3.63, 3.8) is 0 Å². The van der Waals surface area contributed by atoms with Crippen LogP contribution in [0.5, 0.6) is 5.75 Å². The van der Waals surface area contributed by atoms with Gasteiger partial charge in [-0.25, -0.2) is 0 Å². The van der Waals surface area contributed by atoms with Crippen molar-refractivity contribution >= 4 is 5.91 Å². The number of carbonyl (C=O) groups is 1. The highest BCUT2D eigenvalue weighted by Gasteiger charge is 2.30. The molecule has 132 valence electrons. The van der Waals surface area contributed by atoms with Crippen LogP contribution in [-0.4, -0.2) is 40.6 Å². The van der Waals surface area contributed by atoms with Gasteiger partial charge in [-0.1, -0.05) is 23.4 Å². The Bertz CT molecular complexity index is 712. The molecular formula is C19H23N3O3. The molecule has 1 aliphatic heterocycles. The number of hydrogen-bond donors (Lipinski definition) is 0. The predicted molar refractivity (Wildman–Crippen MR) is 91.2 cm³/mol. The molecule has 2 aromatic rings. The zero-order chi connectivity index (χ0) is 17.1. The van der Waals surface area contributed by atoms with E-state index in [1.165, 1.54) is 12.8 Å². The number of ether oxygens (including phenoxy) is 1. The van der Waals surface area contributed by atoms with Crippen LogP contribution >= 0.6 is 0 Å². The quantitative estimate of drug-likeness (QED) is 0.808. The monoisotopic (exact) mass is 341 g/mol. The number of nitrogens with zero attached hydrogens (tertiary/aromatic N) is 3. The second-order valence-corrected chi connectivity index (χ2v) is 6.97. The first kappa shape index (κ1) is 16.1. The summed E-state index contributed by atoms with van der Waals surface area (Å²) in [6.45, 7) is 1.62. The van der Waals surface area contributed by atoms with E-state index in [0.29, 0.717) is 17.7 Å². The van der Waals surface area contributed by atoms with E-state index in [0.717, 1.165) is 43.9 Å². The van der Waals surface area contributed by atoms with Gasteiger partial charge in [-0.15, -0.1) is 0 Å². The highest BCUT2D eigenvalue weighted by molar-refractivity contribution is 5.77. The number of piperidine rings is 1. The van der Waals surface area contributed by atoms with Gasteiger partial charge in [-0.2, -0.15) is 4.98 Å². The van der Waals surface area contributed by atoms with Crippen LogP contribution in [0.3, 0.4) is 0 Å². The third-order valence-corrected chi connectivity index (χ3v) is 4.87. The molecule has 2 fully saturated rings. The molecule has 1 atom stereocenters. The smallest absolute Gasteiger partial charge is 0.260 e. The van der Waals surface area contributed by atoms with Gasteiger partial charge in [0.05, 0.1) is 0 Å². The summed E-state index contributed by atoms with van der Waals surface area (Å²) in [6.07, 6.45) is 5.19. The van der Waals surface area contributed by atoms with Crippen molar-refractivity contribution < 1.29 is 14.1 Å². The van der Waals surface area contributed by atoms with Crippen LogP contribution in [0.25, 0.3) is 0 Å². The highest BCUT2D eigenvalue weighted by atomic mass is 16.5. The fourth-order valence-electron chi connectivity index (χ4n) is 3.32. The summed E-state index contributed by atoms with van der Waals surface area (Å²) in [5.74, 6) is 3.22. The number of carbonyl (C=O) groups excluding carboxylic acids is 1. The second kappa shape index (κ2) is 7.25. The predicted octanol–water partition coefficient (Wildman–Crippen LogP) is 2.81. The summed E-state index contributed by atoms with van der Waals surface area (Å²) < 4.78 is 11.0. The van der Waals surface area contributed by atoms with Gasteiger partial charge in [0.1, 0.15) is 5.75 Å². The second-order valence-electron chi connectivity index (χ2n) is 6.97. The van der Waals surface area contributed by atoms with Crippen molar-refractivity contribution in [2.45, 2.75) is 38.0 Å². The molecule has 1 aliphatic carbocycles. The zero-order valence-electron chi connectivity index (χ0n) is 14.3. The lowest BCUT2D eigenvalue weighted by Gasteiger charge is -2.32. The lowest BCUT2D eigenvalue weighted by Crippen LogP contribution is -2.42. The Kier molecular flexibility index (Phi) is 4.68. The molecule has 1 aromatic carbocycles. The van der Waals surface area contributed by atoms with Crippen molar-refractivity contribution in [2.24, 2.45) is 5.92 Å². The molecule has 1 amide bonds. The van der Waals surface area contributed by atoms with E-state index >= 15 is 0 Å². The van der Waals surface area contributed by atoms with E-state index in [9.17, 15) is 4.79 Å². The average molecular weight is 341 g/mol. The molecule has 2 aliphatic rings. The van der Waals surface area contributed by atoms with Gasteiger partial charge in [0.2, 0.25) is 5.89 Å². The van der Waals surface area contributed by atoms with Crippen LogP contribution in [0.2, 0.25) is 0 Å². The van der Waals surface area contributed by atoms with Crippen LogP contribution in [0.1, 0.15) is 43.3 Å². The zero-order valence-corrected chi connectivity index (χ0v) is 14.3. The minimum absolute atomic E-state index is 0.0396.